The lowest BCUT2D eigenvalue weighted by Gasteiger charge is -2.11. The maximum Gasteiger partial charge on any atom is 0.261 e. The van der Waals surface area contributed by atoms with Crippen molar-refractivity contribution in [3.63, 3.8) is 0 Å². The number of nitrogens with zero attached hydrogens (tertiary/aromatic N) is 2. The average Bonchev–Trinajstić information content (AvgIpc) is 3.07. The Morgan fingerprint density at radius 3 is 2.67 bits per heavy atom. The summed E-state index contributed by atoms with van der Waals surface area (Å²) in [6.45, 7) is 1.85. The smallest absolute Gasteiger partial charge is 0.261 e. The maximum absolute atomic E-state index is 12.6. The Morgan fingerprint density at radius 2 is 1.93 bits per heavy atom. The topological polar surface area (TPSA) is 72.0 Å². The van der Waals surface area contributed by atoms with Gasteiger partial charge in [-0.25, -0.2) is 18.4 Å². The molecule has 1 N–H and O–H groups in total. The van der Waals surface area contributed by atoms with Crippen molar-refractivity contribution in [3.8, 4) is 10.6 Å². The molecule has 0 aliphatic rings. The van der Waals surface area contributed by atoms with Crippen LogP contribution >= 0.6 is 22.9 Å². The van der Waals surface area contributed by atoms with Crippen LogP contribution in [0.2, 0.25) is 5.02 Å². The molecule has 0 unspecified atom stereocenters. The second-order valence-corrected chi connectivity index (χ2v) is 9.04. The zero-order valence-corrected chi connectivity index (χ0v) is 16.6. The molecule has 0 aliphatic carbocycles. The van der Waals surface area contributed by atoms with Crippen molar-refractivity contribution < 1.29 is 8.42 Å². The van der Waals surface area contributed by atoms with Gasteiger partial charge in [0.1, 0.15) is 15.4 Å². The number of hydrogen-bond acceptors (Lipinski definition) is 5. The number of fused-ring (bicyclic) bond motifs is 1. The molecule has 0 atom stereocenters. The quantitative estimate of drug-likeness (QED) is 0.502. The molecule has 0 fully saturated rings. The number of hydrogen-bond donors (Lipinski definition) is 1. The highest BCUT2D eigenvalue weighted by atomic mass is 35.5. The predicted octanol–water partition coefficient (Wildman–Crippen LogP) is 5.12. The summed E-state index contributed by atoms with van der Waals surface area (Å²) < 4.78 is 27.8. The van der Waals surface area contributed by atoms with Gasteiger partial charge in [-0.05, 0) is 61.0 Å². The van der Waals surface area contributed by atoms with E-state index in [2.05, 4.69) is 14.7 Å². The fraction of sp³-hybridized carbons (Fsp3) is 0.0526. The van der Waals surface area contributed by atoms with Crippen molar-refractivity contribution in [3.05, 3.63) is 71.4 Å². The highest BCUT2D eigenvalue weighted by Crippen LogP contribution is 2.31. The van der Waals surface area contributed by atoms with Crippen LogP contribution in [0, 0.1) is 6.92 Å². The molecular weight excluding hydrogens is 402 g/mol. The van der Waals surface area contributed by atoms with Crippen LogP contribution in [0.1, 0.15) is 5.56 Å². The standard InChI is InChI=1S/C19H14ClN3O2S2/c1-12-10-13(18-22-17-6-3-9-21-19(17)26-18)7-8-16(12)23-27(24,25)15-5-2-4-14(20)11-15/h2-11,23H,1H3. The number of aromatic nitrogens is 2. The van der Waals surface area contributed by atoms with Crippen molar-refractivity contribution in [2.24, 2.45) is 0 Å². The van der Waals surface area contributed by atoms with E-state index in [1.54, 1.807) is 24.4 Å². The molecule has 0 radical (unpaired) electrons. The molecule has 27 heavy (non-hydrogen) atoms. The van der Waals surface area contributed by atoms with E-state index < -0.39 is 10.0 Å². The number of nitrogens with one attached hydrogen (secondary N) is 1. The summed E-state index contributed by atoms with van der Waals surface area (Å²) in [5.74, 6) is 0. The van der Waals surface area contributed by atoms with Gasteiger partial charge >= 0.3 is 0 Å². The number of rotatable bonds is 4. The van der Waals surface area contributed by atoms with E-state index in [-0.39, 0.29) is 4.90 Å². The lowest BCUT2D eigenvalue weighted by atomic mass is 10.1. The third-order valence-corrected chi connectivity index (χ3v) is 6.62. The van der Waals surface area contributed by atoms with Crippen LogP contribution in [0.3, 0.4) is 0 Å². The number of pyridine rings is 1. The molecule has 2 heterocycles. The molecule has 0 amide bonds. The fourth-order valence-corrected chi connectivity index (χ4v) is 4.98. The summed E-state index contributed by atoms with van der Waals surface area (Å²) in [5, 5.41) is 1.21. The first-order chi connectivity index (χ1) is 12.9. The van der Waals surface area contributed by atoms with Gasteiger partial charge in [0.25, 0.3) is 10.0 Å². The van der Waals surface area contributed by atoms with Crippen LogP contribution in [0.15, 0.2) is 65.7 Å². The second-order valence-electron chi connectivity index (χ2n) is 5.94. The number of sulfonamides is 1. The monoisotopic (exact) mass is 415 g/mol. The summed E-state index contributed by atoms with van der Waals surface area (Å²) in [6.07, 6.45) is 1.74. The molecule has 0 spiro atoms. The summed E-state index contributed by atoms with van der Waals surface area (Å²) in [7, 11) is -3.71. The Balaban J connectivity index is 1.65. The minimum atomic E-state index is -3.71. The van der Waals surface area contributed by atoms with Crippen LogP contribution in [0.25, 0.3) is 20.9 Å². The summed E-state index contributed by atoms with van der Waals surface area (Å²) >= 11 is 7.41. The van der Waals surface area contributed by atoms with Crippen molar-refractivity contribution in [1.82, 2.24) is 9.97 Å². The molecule has 2 aromatic heterocycles. The van der Waals surface area contributed by atoms with Crippen LogP contribution in [-0.4, -0.2) is 18.4 Å². The van der Waals surface area contributed by atoms with Gasteiger partial charge in [0.15, 0.2) is 0 Å². The Hall–Kier alpha value is -2.48. The van der Waals surface area contributed by atoms with Gasteiger partial charge in [0, 0.05) is 16.8 Å². The van der Waals surface area contributed by atoms with Gasteiger partial charge in [-0.1, -0.05) is 29.0 Å². The first kappa shape index (κ1) is 17.9. The minimum Gasteiger partial charge on any atom is -0.279 e. The average molecular weight is 416 g/mol. The van der Waals surface area contributed by atoms with Crippen molar-refractivity contribution >= 4 is 49.0 Å². The van der Waals surface area contributed by atoms with E-state index in [1.807, 2.05) is 31.2 Å². The number of benzene rings is 2. The van der Waals surface area contributed by atoms with E-state index in [0.717, 1.165) is 26.5 Å². The third-order valence-electron chi connectivity index (χ3n) is 3.99. The van der Waals surface area contributed by atoms with Gasteiger partial charge in [-0.3, -0.25) is 4.72 Å². The predicted molar refractivity (Wildman–Crippen MR) is 110 cm³/mol. The van der Waals surface area contributed by atoms with E-state index in [0.29, 0.717) is 10.7 Å². The van der Waals surface area contributed by atoms with Gasteiger partial charge < -0.3 is 0 Å². The van der Waals surface area contributed by atoms with Gasteiger partial charge in [0.2, 0.25) is 0 Å². The summed E-state index contributed by atoms with van der Waals surface area (Å²) in [4.78, 5) is 9.89. The first-order valence-electron chi connectivity index (χ1n) is 8.03. The molecule has 136 valence electrons. The van der Waals surface area contributed by atoms with E-state index in [9.17, 15) is 8.42 Å². The van der Waals surface area contributed by atoms with Crippen LogP contribution in [0.5, 0.6) is 0 Å². The zero-order valence-electron chi connectivity index (χ0n) is 14.2. The van der Waals surface area contributed by atoms with Gasteiger partial charge in [-0.15, -0.1) is 0 Å². The van der Waals surface area contributed by atoms with Gasteiger partial charge in [0.05, 0.1) is 10.6 Å². The SMILES string of the molecule is Cc1cc(-c2nc3cccnc3s2)ccc1NS(=O)(=O)c1cccc(Cl)c1. The Morgan fingerprint density at radius 1 is 1.07 bits per heavy atom. The minimum absolute atomic E-state index is 0.121. The number of anilines is 1. The third kappa shape index (κ3) is 3.66. The highest BCUT2D eigenvalue weighted by molar-refractivity contribution is 7.92. The van der Waals surface area contributed by atoms with E-state index >= 15 is 0 Å². The molecule has 4 rings (SSSR count). The molecule has 8 heteroatoms. The first-order valence-corrected chi connectivity index (χ1v) is 10.7. The van der Waals surface area contributed by atoms with Gasteiger partial charge in [-0.2, -0.15) is 0 Å². The normalized spacial score (nSPS) is 11.6. The molecule has 0 bridgehead atoms. The largest absolute Gasteiger partial charge is 0.279 e. The number of aryl methyl sites for hydroxylation is 1. The van der Waals surface area contributed by atoms with Crippen molar-refractivity contribution in [2.75, 3.05) is 4.72 Å². The second kappa shape index (κ2) is 6.92. The van der Waals surface area contributed by atoms with Crippen LogP contribution in [-0.2, 0) is 10.0 Å². The Kier molecular flexibility index (Phi) is 4.59. The van der Waals surface area contributed by atoms with E-state index in [4.69, 9.17) is 11.6 Å². The summed E-state index contributed by atoms with van der Waals surface area (Å²) in [5.41, 5.74) is 3.07. The molecule has 0 saturated heterocycles. The van der Waals surface area contributed by atoms with Crippen LogP contribution in [0.4, 0.5) is 5.69 Å². The number of thiazole rings is 1. The fourth-order valence-electron chi connectivity index (χ4n) is 2.64. The molecular formula is C19H14ClN3O2S2. The molecule has 2 aromatic carbocycles. The lowest BCUT2D eigenvalue weighted by molar-refractivity contribution is 0.601. The lowest BCUT2D eigenvalue weighted by Crippen LogP contribution is -2.13. The Labute approximate surface area is 165 Å². The zero-order chi connectivity index (χ0) is 19.0. The van der Waals surface area contributed by atoms with E-state index in [1.165, 1.54) is 23.5 Å². The summed E-state index contributed by atoms with van der Waals surface area (Å²) in [6, 6.07) is 15.4. The van der Waals surface area contributed by atoms with Crippen molar-refractivity contribution in [2.45, 2.75) is 11.8 Å². The molecule has 5 nitrogen and oxygen atoms in total. The highest BCUT2D eigenvalue weighted by Gasteiger charge is 2.16. The Bertz CT molecular complexity index is 1220. The molecule has 0 saturated carbocycles. The number of halogens is 1. The maximum atomic E-state index is 12.6. The molecule has 0 aliphatic heterocycles. The van der Waals surface area contributed by atoms with Crippen molar-refractivity contribution in [1.29, 1.82) is 0 Å². The van der Waals surface area contributed by atoms with Crippen LogP contribution < -0.4 is 4.72 Å². The molecule has 4 aromatic rings.